The highest BCUT2D eigenvalue weighted by Gasteiger charge is 2.19. The van der Waals surface area contributed by atoms with Gasteiger partial charge in [-0.1, -0.05) is 0 Å². The minimum atomic E-state index is -0.268. The molecule has 0 aromatic heterocycles. The standard InChI is InChI=1S/C6H12O3.CH4O/c7-4-6-3-5(8)1-2-9-6;1-2/h5-8H,1-4H2;2H,1H3. The van der Waals surface area contributed by atoms with Crippen molar-refractivity contribution < 1.29 is 20.1 Å². The van der Waals surface area contributed by atoms with Crippen LogP contribution in [0, 0.1) is 0 Å². The highest BCUT2D eigenvalue weighted by Crippen LogP contribution is 2.12. The van der Waals surface area contributed by atoms with Crippen LogP contribution in [0.3, 0.4) is 0 Å². The molecule has 68 valence electrons. The lowest BCUT2D eigenvalue weighted by Crippen LogP contribution is -2.31. The van der Waals surface area contributed by atoms with Gasteiger partial charge in [-0.25, -0.2) is 0 Å². The lowest BCUT2D eigenvalue weighted by molar-refractivity contribution is -0.0642. The van der Waals surface area contributed by atoms with Crippen molar-refractivity contribution >= 4 is 0 Å². The van der Waals surface area contributed by atoms with Gasteiger partial charge in [0.15, 0.2) is 0 Å². The summed E-state index contributed by atoms with van der Waals surface area (Å²) in [5.41, 5.74) is 0. The summed E-state index contributed by atoms with van der Waals surface area (Å²) in [6, 6.07) is 0. The zero-order valence-corrected chi connectivity index (χ0v) is 6.73. The summed E-state index contributed by atoms with van der Waals surface area (Å²) in [5, 5.41) is 24.6. The van der Waals surface area contributed by atoms with E-state index in [1.54, 1.807) is 0 Å². The number of aliphatic hydroxyl groups excluding tert-OH is 3. The molecular formula is C7H16O4. The number of ether oxygens (including phenoxy) is 1. The van der Waals surface area contributed by atoms with E-state index in [1.807, 2.05) is 0 Å². The molecule has 4 nitrogen and oxygen atoms in total. The molecule has 1 aliphatic heterocycles. The SMILES string of the molecule is CO.OCC1CC(O)CCO1. The van der Waals surface area contributed by atoms with E-state index in [4.69, 9.17) is 20.1 Å². The topological polar surface area (TPSA) is 69.9 Å². The molecule has 0 aromatic rings. The van der Waals surface area contributed by atoms with Gasteiger partial charge in [0.1, 0.15) is 0 Å². The van der Waals surface area contributed by atoms with Gasteiger partial charge in [-0.3, -0.25) is 0 Å². The minimum Gasteiger partial charge on any atom is -0.400 e. The van der Waals surface area contributed by atoms with E-state index < -0.39 is 0 Å². The molecule has 3 N–H and O–H groups in total. The molecule has 0 spiro atoms. The lowest BCUT2D eigenvalue weighted by Gasteiger charge is -2.24. The van der Waals surface area contributed by atoms with Crippen molar-refractivity contribution in [2.75, 3.05) is 20.3 Å². The summed E-state index contributed by atoms with van der Waals surface area (Å²) < 4.78 is 5.09. The first-order valence-electron chi connectivity index (χ1n) is 3.68. The summed E-state index contributed by atoms with van der Waals surface area (Å²) in [4.78, 5) is 0. The number of rotatable bonds is 1. The summed E-state index contributed by atoms with van der Waals surface area (Å²) in [5.74, 6) is 0. The van der Waals surface area contributed by atoms with Crippen LogP contribution in [0.1, 0.15) is 12.8 Å². The minimum absolute atomic E-state index is 0.0249. The van der Waals surface area contributed by atoms with Crippen LogP contribution in [0.2, 0.25) is 0 Å². The van der Waals surface area contributed by atoms with Crippen molar-refractivity contribution in [2.24, 2.45) is 0 Å². The highest BCUT2D eigenvalue weighted by molar-refractivity contribution is 4.68. The highest BCUT2D eigenvalue weighted by atomic mass is 16.5. The molecule has 1 heterocycles. The Morgan fingerprint density at radius 2 is 2.09 bits per heavy atom. The third kappa shape index (κ3) is 4.31. The summed E-state index contributed by atoms with van der Waals surface area (Å²) >= 11 is 0. The van der Waals surface area contributed by atoms with Crippen LogP contribution < -0.4 is 0 Å². The van der Waals surface area contributed by atoms with Crippen LogP contribution in [0.15, 0.2) is 0 Å². The smallest absolute Gasteiger partial charge is 0.0830 e. The molecule has 0 aromatic carbocycles. The molecule has 1 saturated heterocycles. The molecule has 0 bridgehead atoms. The van der Waals surface area contributed by atoms with Crippen LogP contribution in [0.25, 0.3) is 0 Å². The molecule has 11 heavy (non-hydrogen) atoms. The number of hydrogen-bond acceptors (Lipinski definition) is 4. The Bertz CT molecular complexity index is 86.5. The van der Waals surface area contributed by atoms with E-state index in [9.17, 15) is 0 Å². The van der Waals surface area contributed by atoms with Gasteiger partial charge in [-0.05, 0) is 6.42 Å². The Hall–Kier alpha value is -0.160. The number of hydrogen-bond donors (Lipinski definition) is 3. The fourth-order valence-electron chi connectivity index (χ4n) is 0.987. The maximum atomic E-state index is 9.02. The van der Waals surface area contributed by atoms with Crippen LogP contribution in [0.4, 0.5) is 0 Å². The van der Waals surface area contributed by atoms with Crippen LogP contribution in [-0.4, -0.2) is 47.9 Å². The van der Waals surface area contributed by atoms with Crippen LogP contribution in [-0.2, 0) is 4.74 Å². The van der Waals surface area contributed by atoms with Crippen LogP contribution >= 0.6 is 0 Å². The first kappa shape index (κ1) is 10.8. The summed E-state index contributed by atoms with van der Waals surface area (Å²) in [6.07, 6.45) is 0.886. The van der Waals surface area contributed by atoms with Gasteiger partial charge < -0.3 is 20.1 Å². The Balaban J connectivity index is 0.000000461. The maximum Gasteiger partial charge on any atom is 0.0830 e. The van der Waals surface area contributed by atoms with E-state index in [2.05, 4.69) is 0 Å². The van der Waals surface area contributed by atoms with E-state index in [1.165, 1.54) is 0 Å². The average Bonchev–Trinajstić information content (AvgIpc) is 2.08. The van der Waals surface area contributed by atoms with Crippen molar-refractivity contribution in [3.05, 3.63) is 0 Å². The number of aliphatic hydroxyl groups is 3. The van der Waals surface area contributed by atoms with Gasteiger partial charge >= 0.3 is 0 Å². The van der Waals surface area contributed by atoms with E-state index in [0.717, 1.165) is 7.11 Å². The van der Waals surface area contributed by atoms with Gasteiger partial charge in [0.25, 0.3) is 0 Å². The molecule has 1 aliphatic rings. The molecular weight excluding hydrogens is 148 g/mol. The Kier molecular flexibility index (Phi) is 6.45. The molecule has 2 unspecified atom stereocenters. The van der Waals surface area contributed by atoms with Crippen molar-refractivity contribution in [3.63, 3.8) is 0 Å². The quantitative estimate of drug-likeness (QED) is 0.471. The van der Waals surface area contributed by atoms with Gasteiger partial charge in [0.2, 0.25) is 0 Å². The molecule has 0 aliphatic carbocycles. The fourth-order valence-corrected chi connectivity index (χ4v) is 0.987. The first-order valence-corrected chi connectivity index (χ1v) is 3.68. The van der Waals surface area contributed by atoms with Crippen LogP contribution in [0.5, 0.6) is 0 Å². The van der Waals surface area contributed by atoms with Crippen molar-refractivity contribution in [3.8, 4) is 0 Å². The van der Waals surface area contributed by atoms with Gasteiger partial charge in [-0.2, -0.15) is 0 Å². The lowest BCUT2D eigenvalue weighted by atomic mass is 10.1. The van der Waals surface area contributed by atoms with E-state index in [-0.39, 0.29) is 18.8 Å². The van der Waals surface area contributed by atoms with Gasteiger partial charge in [0.05, 0.1) is 18.8 Å². The second kappa shape index (κ2) is 6.54. The van der Waals surface area contributed by atoms with Gasteiger partial charge in [-0.15, -0.1) is 0 Å². The molecule has 0 saturated carbocycles. The molecule has 1 fully saturated rings. The molecule has 2 atom stereocenters. The Morgan fingerprint density at radius 1 is 1.45 bits per heavy atom. The van der Waals surface area contributed by atoms with E-state index in [0.29, 0.717) is 19.4 Å². The molecule has 4 heteroatoms. The normalized spacial score (nSPS) is 30.5. The van der Waals surface area contributed by atoms with E-state index >= 15 is 0 Å². The molecule has 1 rings (SSSR count). The largest absolute Gasteiger partial charge is 0.400 e. The summed E-state index contributed by atoms with van der Waals surface area (Å²) in [6.45, 7) is 0.601. The maximum absolute atomic E-state index is 9.02. The van der Waals surface area contributed by atoms with Crippen molar-refractivity contribution in [2.45, 2.75) is 25.0 Å². The van der Waals surface area contributed by atoms with Crippen molar-refractivity contribution in [1.82, 2.24) is 0 Å². The second-order valence-corrected chi connectivity index (χ2v) is 2.35. The molecule has 0 radical (unpaired) electrons. The predicted octanol–water partition coefficient (Wildman–Crippen LogP) is -0.873. The Labute approximate surface area is 66.4 Å². The second-order valence-electron chi connectivity index (χ2n) is 2.35. The van der Waals surface area contributed by atoms with Gasteiger partial charge in [0, 0.05) is 20.1 Å². The third-order valence-corrected chi connectivity index (χ3v) is 1.54. The zero-order chi connectivity index (χ0) is 8.69. The van der Waals surface area contributed by atoms with Crippen molar-refractivity contribution in [1.29, 1.82) is 0 Å². The zero-order valence-electron chi connectivity index (χ0n) is 6.73. The monoisotopic (exact) mass is 164 g/mol. The predicted molar refractivity (Wildman–Crippen MR) is 40.2 cm³/mol. The first-order chi connectivity index (χ1) is 5.33. The Morgan fingerprint density at radius 3 is 2.45 bits per heavy atom. The molecule has 0 amide bonds. The third-order valence-electron chi connectivity index (χ3n) is 1.54. The fraction of sp³-hybridized carbons (Fsp3) is 1.00. The average molecular weight is 164 g/mol. The summed E-state index contributed by atoms with van der Waals surface area (Å²) in [7, 11) is 1.00.